The van der Waals surface area contributed by atoms with Gasteiger partial charge in [-0.05, 0) is 27.2 Å². The third-order valence-corrected chi connectivity index (χ3v) is 3.66. The number of nitrogen functional groups attached to an aromatic ring is 1. The average molecular weight is 333 g/mol. The summed E-state index contributed by atoms with van der Waals surface area (Å²) in [5, 5.41) is 6.88. The van der Waals surface area contributed by atoms with E-state index in [2.05, 4.69) is 20.3 Å². The molecule has 2 aromatic heterocycles. The lowest BCUT2D eigenvalue weighted by atomic mass is 10.2. The minimum Gasteiger partial charge on any atom is -0.444 e. The number of anilines is 3. The number of nitrogens with zero attached hydrogens (tertiary/aromatic N) is 4. The van der Waals surface area contributed by atoms with E-state index in [0.29, 0.717) is 29.5 Å². The first-order valence-corrected chi connectivity index (χ1v) is 7.88. The van der Waals surface area contributed by atoms with Gasteiger partial charge in [-0.25, -0.2) is 9.78 Å². The largest absolute Gasteiger partial charge is 0.444 e. The van der Waals surface area contributed by atoms with Gasteiger partial charge in [-0.2, -0.15) is 9.61 Å². The van der Waals surface area contributed by atoms with Crippen LogP contribution >= 0.6 is 0 Å². The summed E-state index contributed by atoms with van der Waals surface area (Å²) in [6, 6.07) is 1.87. The minimum absolute atomic E-state index is 0.118. The highest BCUT2D eigenvalue weighted by atomic mass is 16.6. The Kier molecular flexibility index (Phi) is 3.96. The number of fused-ring (bicyclic) bond motifs is 1. The minimum atomic E-state index is -0.593. The van der Waals surface area contributed by atoms with Crippen LogP contribution in [0.2, 0.25) is 0 Å². The second-order valence-corrected chi connectivity index (χ2v) is 6.96. The number of amides is 1. The number of ether oxygens (including phenoxy) is 1. The molecule has 130 valence electrons. The molecule has 24 heavy (non-hydrogen) atoms. The number of nitrogens with two attached hydrogens (primary N) is 2. The van der Waals surface area contributed by atoms with Gasteiger partial charge in [0.15, 0.2) is 5.65 Å². The molecule has 0 spiro atoms. The fourth-order valence-corrected chi connectivity index (χ4v) is 2.62. The summed E-state index contributed by atoms with van der Waals surface area (Å²) in [6.07, 6.45) is 1.84. The fourth-order valence-electron chi connectivity index (χ4n) is 2.62. The van der Waals surface area contributed by atoms with Crippen molar-refractivity contribution in [3.63, 3.8) is 0 Å². The summed E-state index contributed by atoms with van der Waals surface area (Å²) in [5.74, 6) is 1.15. The Bertz CT molecular complexity index is 765. The van der Waals surface area contributed by atoms with Crippen molar-refractivity contribution < 1.29 is 9.53 Å². The van der Waals surface area contributed by atoms with Crippen LogP contribution in [0.1, 0.15) is 27.2 Å². The monoisotopic (exact) mass is 333 g/mol. The molecule has 0 aliphatic carbocycles. The van der Waals surface area contributed by atoms with Gasteiger partial charge in [-0.1, -0.05) is 0 Å². The lowest BCUT2D eigenvalue weighted by Gasteiger charge is -2.21. The number of carbonyl (C=O) groups excluding carboxylic acids is 1. The molecule has 1 aliphatic rings. The van der Waals surface area contributed by atoms with Gasteiger partial charge in [-0.15, -0.1) is 0 Å². The molecule has 0 unspecified atom stereocenters. The summed E-state index contributed by atoms with van der Waals surface area (Å²) in [4.78, 5) is 18.7. The van der Waals surface area contributed by atoms with Gasteiger partial charge in [0.05, 0.1) is 11.9 Å². The van der Waals surface area contributed by atoms with Crippen LogP contribution in [0.3, 0.4) is 0 Å². The number of nitrogens with one attached hydrogen (secondary N) is 1. The Labute approximate surface area is 140 Å². The topological polar surface area (TPSA) is 124 Å². The highest BCUT2D eigenvalue weighted by Gasteiger charge is 2.23. The Morgan fingerprint density at radius 2 is 2.21 bits per heavy atom. The zero-order chi connectivity index (χ0) is 17.5. The quantitative estimate of drug-likeness (QED) is 0.754. The van der Waals surface area contributed by atoms with E-state index < -0.39 is 11.7 Å². The van der Waals surface area contributed by atoms with Crippen LogP contribution in [0.25, 0.3) is 5.65 Å². The van der Waals surface area contributed by atoms with Gasteiger partial charge in [0.2, 0.25) is 0 Å². The molecular formula is C15H23N7O2. The van der Waals surface area contributed by atoms with Gasteiger partial charge in [0.25, 0.3) is 0 Å². The van der Waals surface area contributed by atoms with Crippen molar-refractivity contribution in [2.45, 2.75) is 38.8 Å². The van der Waals surface area contributed by atoms with Crippen molar-refractivity contribution in [3.8, 4) is 0 Å². The Morgan fingerprint density at radius 3 is 2.83 bits per heavy atom. The number of hydrogen-bond donors (Lipinski definition) is 3. The summed E-state index contributed by atoms with van der Waals surface area (Å²) in [6.45, 7) is 6.93. The maximum absolute atomic E-state index is 12.1. The first-order valence-electron chi connectivity index (χ1n) is 7.88. The third-order valence-electron chi connectivity index (χ3n) is 3.66. The van der Waals surface area contributed by atoms with Crippen molar-refractivity contribution in [3.05, 3.63) is 12.3 Å². The summed E-state index contributed by atoms with van der Waals surface area (Å²) in [7, 11) is 0. The van der Waals surface area contributed by atoms with E-state index in [0.717, 1.165) is 13.0 Å². The molecule has 2 aromatic rings. The Hall–Kier alpha value is -2.55. The van der Waals surface area contributed by atoms with Gasteiger partial charge >= 0.3 is 6.09 Å². The molecule has 3 rings (SSSR count). The van der Waals surface area contributed by atoms with E-state index in [-0.39, 0.29) is 6.04 Å². The average Bonchev–Trinajstić information content (AvgIpc) is 3.04. The zero-order valence-electron chi connectivity index (χ0n) is 14.1. The molecule has 9 nitrogen and oxygen atoms in total. The second kappa shape index (κ2) is 5.82. The molecule has 0 radical (unpaired) electrons. The van der Waals surface area contributed by atoms with Gasteiger partial charge < -0.3 is 21.1 Å². The van der Waals surface area contributed by atoms with Crippen LogP contribution in [0.15, 0.2) is 12.3 Å². The molecule has 0 bridgehead atoms. The lowest BCUT2D eigenvalue weighted by molar-refractivity contribution is 0.0635. The van der Waals surface area contributed by atoms with E-state index in [4.69, 9.17) is 16.2 Å². The van der Waals surface area contributed by atoms with Crippen molar-refractivity contribution in [2.24, 2.45) is 5.73 Å². The van der Waals surface area contributed by atoms with Crippen LogP contribution in [0, 0.1) is 0 Å². The van der Waals surface area contributed by atoms with E-state index in [1.165, 1.54) is 10.7 Å². The first-order chi connectivity index (χ1) is 11.2. The van der Waals surface area contributed by atoms with Crippen molar-refractivity contribution >= 4 is 29.1 Å². The molecule has 3 heterocycles. The molecule has 9 heteroatoms. The van der Waals surface area contributed by atoms with Crippen LogP contribution in [0.5, 0.6) is 0 Å². The van der Waals surface area contributed by atoms with Crippen molar-refractivity contribution in [1.82, 2.24) is 14.6 Å². The number of aromatic nitrogens is 3. The predicted octanol–water partition coefficient (Wildman–Crippen LogP) is 1.20. The molecule has 1 saturated heterocycles. The van der Waals surface area contributed by atoms with E-state index in [1.807, 2.05) is 0 Å². The standard InChI is InChI=1S/C15H23N7O2/c1-15(2,3)24-14(23)20-12-6-11(21-5-4-9(16)8-21)19-13-10(17)7-18-22(12)13/h6-7,9H,4-5,8,16-17H2,1-3H3,(H,20,23)/t9-/m0/s1. The smallest absolute Gasteiger partial charge is 0.413 e. The van der Waals surface area contributed by atoms with Gasteiger partial charge in [0.1, 0.15) is 17.2 Å². The molecule has 1 fully saturated rings. The molecule has 0 aromatic carbocycles. The van der Waals surface area contributed by atoms with Crippen molar-refractivity contribution in [2.75, 3.05) is 29.0 Å². The van der Waals surface area contributed by atoms with Crippen molar-refractivity contribution in [1.29, 1.82) is 0 Å². The van der Waals surface area contributed by atoms with Gasteiger partial charge in [-0.3, -0.25) is 5.32 Å². The van der Waals surface area contributed by atoms with Crippen LogP contribution in [-0.4, -0.2) is 45.4 Å². The van der Waals surface area contributed by atoms with E-state index >= 15 is 0 Å². The van der Waals surface area contributed by atoms with E-state index in [1.54, 1.807) is 26.8 Å². The Balaban J connectivity index is 1.95. The van der Waals surface area contributed by atoms with Crippen LogP contribution in [0.4, 0.5) is 22.1 Å². The number of rotatable bonds is 2. The lowest BCUT2D eigenvalue weighted by Crippen LogP contribution is -2.29. The van der Waals surface area contributed by atoms with E-state index in [9.17, 15) is 4.79 Å². The fraction of sp³-hybridized carbons (Fsp3) is 0.533. The second-order valence-electron chi connectivity index (χ2n) is 6.96. The van der Waals surface area contributed by atoms with Gasteiger partial charge in [0, 0.05) is 25.2 Å². The molecule has 1 atom stereocenters. The number of hydrogen-bond acceptors (Lipinski definition) is 7. The molecule has 0 saturated carbocycles. The summed E-state index contributed by atoms with van der Waals surface area (Å²) < 4.78 is 6.79. The first kappa shape index (κ1) is 16.3. The normalized spacial score (nSPS) is 18.2. The molecule has 5 N–H and O–H groups in total. The highest BCUT2D eigenvalue weighted by molar-refractivity contribution is 5.85. The third kappa shape index (κ3) is 3.35. The number of carbonyl (C=O) groups is 1. The maximum atomic E-state index is 12.1. The predicted molar refractivity (Wildman–Crippen MR) is 92.1 cm³/mol. The summed E-state index contributed by atoms with van der Waals surface area (Å²) in [5.41, 5.74) is 12.2. The molecular weight excluding hydrogens is 310 g/mol. The Morgan fingerprint density at radius 1 is 1.46 bits per heavy atom. The molecule has 1 aliphatic heterocycles. The SMILES string of the molecule is CC(C)(C)OC(=O)Nc1cc(N2CC[C@H](N)C2)nc2c(N)cnn12. The van der Waals surface area contributed by atoms with Crippen LogP contribution in [-0.2, 0) is 4.74 Å². The highest BCUT2D eigenvalue weighted by Crippen LogP contribution is 2.25. The van der Waals surface area contributed by atoms with Crippen LogP contribution < -0.4 is 21.7 Å². The molecule has 1 amide bonds. The maximum Gasteiger partial charge on any atom is 0.413 e. The summed E-state index contributed by atoms with van der Waals surface area (Å²) >= 11 is 0. The zero-order valence-corrected chi connectivity index (χ0v) is 14.1.